The van der Waals surface area contributed by atoms with Gasteiger partial charge in [0.05, 0.1) is 17.7 Å². The summed E-state index contributed by atoms with van der Waals surface area (Å²) in [4.78, 5) is 2.91. The zero-order valence-corrected chi connectivity index (χ0v) is 16.5. The fraction of sp³-hybridized carbons (Fsp3) is 0.300. The Labute approximate surface area is 164 Å². The monoisotopic (exact) mass is 403 g/mol. The highest BCUT2D eigenvalue weighted by atomic mass is 32.1. The van der Waals surface area contributed by atoms with E-state index in [1.807, 2.05) is 22.9 Å². The third kappa shape index (κ3) is 3.41. The smallest absolute Gasteiger partial charge is 0.170 e. The van der Waals surface area contributed by atoms with Crippen molar-refractivity contribution in [3.05, 3.63) is 46.7 Å². The van der Waals surface area contributed by atoms with Crippen molar-refractivity contribution in [1.82, 2.24) is 15.0 Å². The molecular formula is C20H19F2N3S2. The van der Waals surface area contributed by atoms with Gasteiger partial charge >= 0.3 is 0 Å². The lowest BCUT2D eigenvalue weighted by Gasteiger charge is -2.07. The number of fused-ring (bicyclic) bond motifs is 1. The second-order valence-electron chi connectivity index (χ2n) is 6.39. The molecule has 0 radical (unpaired) electrons. The van der Waals surface area contributed by atoms with E-state index in [0.717, 1.165) is 25.7 Å². The van der Waals surface area contributed by atoms with Gasteiger partial charge < -0.3 is 0 Å². The van der Waals surface area contributed by atoms with Gasteiger partial charge in [-0.25, -0.2) is 8.78 Å². The van der Waals surface area contributed by atoms with Crippen LogP contribution >= 0.6 is 22.7 Å². The van der Waals surface area contributed by atoms with Gasteiger partial charge in [0, 0.05) is 9.75 Å². The van der Waals surface area contributed by atoms with Crippen LogP contribution in [0.1, 0.15) is 32.6 Å². The molecule has 3 heterocycles. The Kier molecular flexibility index (Phi) is 5.31. The van der Waals surface area contributed by atoms with E-state index in [9.17, 15) is 0 Å². The number of thiophene rings is 2. The molecule has 1 aromatic carbocycles. The highest BCUT2D eigenvalue weighted by Crippen LogP contribution is 2.41. The molecule has 0 aliphatic carbocycles. The average molecular weight is 404 g/mol. The van der Waals surface area contributed by atoms with Crippen molar-refractivity contribution < 1.29 is 8.78 Å². The van der Waals surface area contributed by atoms with E-state index in [1.54, 1.807) is 16.9 Å². The molecule has 0 saturated heterocycles. The number of nitrogens with zero attached hydrogens (tertiary/aromatic N) is 3. The molecule has 0 atom stereocenters. The predicted octanol–water partition coefficient (Wildman–Crippen LogP) is 6.75. The summed E-state index contributed by atoms with van der Waals surface area (Å²) in [7, 11) is 0. The summed E-state index contributed by atoms with van der Waals surface area (Å²) in [5.74, 6) is -1.71. The van der Waals surface area contributed by atoms with Crippen LogP contribution in [-0.2, 0) is 6.54 Å². The second kappa shape index (κ2) is 7.86. The molecule has 3 nitrogen and oxygen atoms in total. The van der Waals surface area contributed by atoms with Gasteiger partial charge in [0.15, 0.2) is 11.6 Å². The summed E-state index contributed by atoms with van der Waals surface area (Å²) in [6.45, 7) is 2.80. The summed E-state index contributed by atoms with van der Waals surface area (Å²) < 4.78 is 30.1. The molecule has 0 spiro atoms. The maximum absolute atomic E-state index is 15.1. The van der Waals surface area contributed by atoms with E-state index < -0.39 is 11.6 Å². The number of unbranched alkanes of at least 4 members (excludes halogenated alkanes) is 3. The first-order chi connectivity index (χ1) is 13.2. The van der Waals surface area contributed by atoms with E-state index in [0.29, 0.717) is 27.3 Å². The molecule has 0 aliphatic rings. The van der Waals surface area contributed by atoms with Crippen LogP contribution in [0.25, 0.3) is 31.9 Å². The molecule has 0 amide bonds. The van der Waals surface area contributed by atoms with Crippen molar-refractivity contribution in [2.24, 2.45) is 0 Å². The van der Waals surface area contributed by atoms with Crippen LogP contribution in [0.15, 0.2) is 35.0 Å². The Morgan fingerprint density at radius 1 is 0.852 bits per heavy atom. The normalized spacial score (nSPS) is 11.5. The van der Waals surface area contributed by atoms with Crippen LogP contribution in [-0.4, -0.2) is 15.0 Å². The van der Waals surface area contributed by atoms with Gasteiger partial charge in [0.25, 0.3) is 0 Å². The summed E-state index contributed by atoms with van der Waals surface area (Å²) in [6.07, 6.45) is 4.34. The maximum Gasteiger partial charge on any atom is 0.170 e. The molecule has 0 aliphatic heterocycles. The highest BCUT2D eigenvalue weighted by molar-refractivity contribution is 7.14. The molecule has 0 saturated carbocycles. The number of rotatable bonds is 7. The lowest BCUT2D eigenvalue weighted by Crippen LogP contribution is -2.02. The number of benzene rings is 1. The number of aromatic nitrogens is 3. The SMILES string of the molecule is CCCCCCn1nc2c(-c3cccs3)c(F)c(F)c(-c3cccs3)c2n1. The van der Waals surface area contributed by atoms with Gasteiger partial charge in [0.2, 0.25) is 0 Å². The van der Waals surface area contributed by atoms with E-state index >= 15 is 8.78 Å². The van der Waals surface area contributed by atoms with Crippen LogP contribution in [0.4, 0.5) is 8.78 Å². The van der Waals surface area contributed by atoms with Gasteiger partial charge in [-0.05, 0) is 29.3 Å². The third-order valence-corrected chi connectivity index (χ3v) is 6.28. The quantitative estimate of drug-likeness (QED) is 0.320. The van der Waals surface area contributed by atoms with Gasteiger partial charge in [-0.3, -0.25) is 0 Å². The molecule has 27 heavy (non-hydrogen) atoms. The number of halogens is 2. The summed E-state index contributed by atoms with van der Waals surface area (Å²) >= 11 is 2.74. The zero-order chi connectivity index (χ0) is 18.8. The molecule has 0 bridgehead atoms. The number of aryl methyl sites for hydroxylation is 1. The van der Waals surface area contributed by atoms with Gasteiger partial charge in [-0.2, -0.15) is 15.0 Å². The first-order valence-electron chi connectivity index (χ1n) is 9.04. The molecule has 7 heteroatoms. The Balaban J connectivity index is 1.89. The highest BCUT2D eigenvalue weighted by Gasteiger charge is 2.26. The molecule has 140 valence electrons. The van der Waals surface area contributed by atoms with Crippen molar-refractivity contribution in [3.63, 3.8) is 0 Å². The fourth-order valence-electron chi connectivity index (χ4n) is 3.18. The van der Waals surface area contributed by atoms with Crippen molar-refractivity contribution >= 4 is 33.7 Å². The second-order valence-corrected chi connectivity index (χ2v) is 8.28. The largest absolute Gasteiger partial charge is 0.203 e. The molecule has 3 aromatic heterocycles. The van der Waals surface area contributed by atoms with Crippen LogP contribution < -0.4 is 0 Å². The summed E-state index contributed by atoms with van der Waals surface area (Å²) in [5.41, 5.74) is 1.26. The molecule has 4 aromatic rings. The standard InChI is InChI=1S/C20H19F2N3S2/c1-2-3-4-5-10-25-23-19-15(13-8-6-11-26-13)17(21)18(22)16(20(19)24-25)14-9-7-12-27-14/h6-9,11-12H,2-5,10H2,1H3. The van der Waals surface area contributed by atoms with Gasteiger partial charge in [-0.15, -0.1) is 22.7 Å². The van der Waals surface area contributed by atoms with Crippen LogP contribution in [0.5, 0.6) is 0 Å². The minimum Gasteiger partial charge on any atom is -0.203 e. The van der Waals surface area contributed by atoms with E-state index in [2.05, 4.69) is 17.1 Å². The lowest BCUT2D eigenvalue weighted by atomic mass is 10.0. The first-order valence-corrected chi connectivity index (χ1v) is 10.8. The first kappa shape index (κ1) is 18.3. The number of hydrogen-bond donors (Lipinski definition) is 0. The molecule has 0 unspecified atom stereocenters. The fourth-order valence-corrected chi connectivity index (χ4v) is 4.71. The Bertz CT molecular complexity index is 960. The molecule has 0 fully saturated rings. The van der Waals surface area contributed by atoms with Crippen molar-refractivity contribution in [1.29, 1.82) is 0 Å². The van der Waals surface area contributed by atoms with E-state index in [4.69, 9.17) is 0 Å². The minimum atomic E-state index is -0.855. The van der Waals surface area contributed by atoms with Gasteiger partial charge in [0.1, 0.15) is 11.0 Å². The summed E-state index contributed by atoms with van der Waals surface area (Å²) in [6, 6.07) is 7.22. The minimum absolute atomic E-state index is 0.206. The van der Waals surface area contributed by atoms with Crippen LogP contribution in [0.2, 0.25) is 0 Å². The number of hydrogen-bond acceptors (Lipinski definition) is 4. The van der Waals surface area contributed by atoms with Crippen molar-refractivity contribution in [3.8, 4) is 20.9 Å². The Hall–Kier alpha value is -2.12. The third-order valence-electron chi connectivity index (χ3n) is 4.51. The molecule has 4 rings (SSSR count). The average Bonchev–Trinajstić information content (AvgIpc) is 3.42. The van der Waals surface area contributed by atoms with Crippen molar-refractivity contribution in [2.75, 3.05) is 0 Å². The predicted molar refractivity (Wildman–Crippen MR) is 108 cm³/mol. The van der Waals surface area contributed by atoms with Crippen LogP contribution in [0.3, 0.4) is 0 Å². The Morgan fingerprint density at radius 3 is 1.85 bits per heavy atom. The summed E-state index contributed by atoms with van der Waals surface area (Å²) in [5, 5.41) is 12.8. The topological polar surface area (TPSA) is 30.7 Å². The van der Waals surface area contributed by atoms with Gasteiger partial charge in [-0.1, -0.05) is 38.3 Å². The van der Waals surface area contributed by atoms with E-state index in [-0.39, 0.29) is 11.1 Å². The molecular weight excluding hydrogens is 384 g/mol. The Morgan fingerprint density at radius 2 is 1.41 bits per heavy atom. The van der Waals surface area contributed by atoms with Crippen molar-refractivity contribution in [2.45, 2.75) is 39.2 Å². The lowest BCUT2D eigenvalue weighted by molar-refractivity contribution is 0.495. The van der Waals surface area contributed by atoms with E-state index in [1.165, 1.54) is 22.7 Å². The van der Waals surface area contributed by atoms with Crippen LogP contribution in [0, 0.1) is 11.6 Å². The molecule has 0 N–H and O–H groups in total. The maximum atomic E-state index is 15.1. The zero-order valence-electron chi connectivity index (χ0n) is 14.9.